The van der Waals surface area contributed by atoms with Crippen molar-refractivity contribution in [3.05, 3.63) is 57.6 Å². The van der Waals surface area contributed by atoms with Crippen LogP contribution in [-0.2, 0) is 4.79 Å². The predicted octanol–water partition coefficient (Wildman–Crippen LogP) is 3.38. The molecule has 0 atom stereocenters. The summed E-state index contributed by atoms with van der Waals surface area (Å²) in [5.41, 5.74) is 4.51. The van der Waals surface area contributed by atoms with Crippen LogP contribution in [0.3, 0.4) is 0 Å². The Labute approximate surface area is 165 Å². The van der Waals surface area contributed by atoms with Crippen molar-refractivity contribution in [1.29, 1.82) is 0 Å². The van der Waals surface area contributed by atoms with Gasteiger partial charge in [-0.2, -0.15) is 5.10 Å². The third-order valence-electron chi connectivity index (χ3n) is 3.44. The second-order valence-corrected chi connectivity index (χ2v) is 6.31. The predicted molar refractivity (Wildman–Crippen MR) is 105 cm³/mol. The lowest BCUT2D eigenvalue weighted by Crippen LogP contribution is -2.18. The zero-order valence-electron chi connectivity index (χ0n) is 14.9. The first-order valence-corrected chi connectivity index (χ1v) is 8.91. The molecule has 2 aromatic carbocycles. The lowest BCUT2D eigenvalue weighted by atomic mass is 10.1. The molecule has 0 aliphatic rings. The summed E-state index contributed by atoms with van der Waals surface area (Å²) in [5, 5.41) is 12.7. The number of benzene rings is 2. The topological polar surface area (TPSA) is 97.2 Å². The van der Waals surface area contributed by atoms with Crippen LogP contribution in [-0.4, -0.2) is 36.4 Å². The highest BCUT2D eigenvalue weighted by Gasteiger charge is 2.13. The second-order valence-electron chi connectivity index (χ2n) is 5.46. The van der Waals surface area contributed by atoms with E-state index in [4.69, 9.17) is 14.6 Å². The van der Waals surface area contributed by atoms with Crippen LogP contribution >= 0.6 is 15.9 Å². The molecule has 2 aromatic rings. The fourth-order valence-corrected chi connectivity index (χ4v) is 2.83. The number of hydrogen-bond acceptors (Lipinski definition) is 5. The summed E-state index contributed by atoms with van der Waals surface area (Å²) in [7, 11) is 0. The quantitative estimate of drug-likeness (QED) is 0.490. The van der Waals surface area contributed by atoms with Crippen molar-refractivity contribution < 1.29 is 24.2 Å². The van der Waals surface area contributed by atoms with E-state index >= 15 is 0 Å². The molecule has 0 heterocycles. The van der Waals surface area contributed by atoms with Crippen LogP contribution in [0.1, 0.15) is 28.4 Å². The van der Waals surface area contributed by atoms with Gasteiger partial charge in [0.15, 0.2) is 18.1 Å². The molecular weight excluding hydrogens is 416 g/mol. The first kappa shape index (κ1) is 20.4. The number of rotatable bonds is 8. The average molecular weight is 435 g/mol. The highest BCUT2D eigenvalue weighted by molar-refractivity contribution is 9.10. The van der Waals surface area contributed by atoms with Crippen LogP contribution in [0.4, 0.5) is 0 Å². The molecule has 2 rings (SSSR count). The van der Waals surface area contributed by atoms with E-state index in [-0.39, 0.29) is 5.91 Å². The number of carbonyl (C=O) groups is 2. The Morgan fingerprint density at radius 1 is 1.26 bits per heavy atom. The Hall–Kier alpha value is -2.87. The largest absolute Gasteiger partial charge is 0.490 e. The number of aliphatic carboxylic acids is 1. The molecule has 7 nitrogen and oxygen atoms in total. The molecule has 0 radical (unpaired) electrons. The lowest BCUT2D eigenvalue weighted by Gasteiger charge is -2.13. The van der Waals surface area contributed by atoms with Gasteiger partial charge in [0.1, 0.15) is 0 Å². The van der Waals surface area contributed by atoms with Crippen LogP contribution in [0.5, 0.6) is 11.5 Å². The van der Waals surface area contributed by atoms with Gasteiger partial charge in [-0.3, -0.25) is 4.79 Å². The third-order valence-corrected chi connectivity index (χ3v) is 4.03. The van der Waals surface area contributed by atoms with Gasteiger partial charge in [-0.05, 0) is 59.1 Å². The summed E-state index contributed by atoms with van der Waals surface area (Å²) < 4.78 is 11.3. The highest BCUT2D eigenvalue weighted by atomic mass is 79.9. The maximum atomic E-state index is 12.2. The molecule has 0 bridgehead atoms. The summed E-state index contributed by atoms with van der Waals surface area (Å²) in [6, 6.07) is 10.5. The molecule has 1 amide bonds. The summed E-state index contributed by atoms with van der Waals surface area (Å²) in [5.74, 6) is -0.732. The summed E-state index contributed by atoms with van der Waals surface area (Å²) in [6.45, 7) is 3.54. The summed E-state index contributed by atoms with van der Waals surface area (Å²) >= 11 is 3.34. The molecule has 0 aliphatic heterocycles. The maximum Gasteiger partial charge on any atom is 0.341 e. The van der Waals surface area contributed by atoms with Crippen LogP contribution in [0.25, 0.3) is 0 Å². The van der Waals surface area contributed by atoms with Crippen LogP contribution in [0.2, 0.25) is 0 Å². The zero-order valence-corrected chi connectivity index (χ0v) is 16.4. The lowest BCUT2D eigenvalue weighted by molar-refractivity contribution is -0.139. The van der Waals surface area contributed by atoms with E-state index in [1.807, 2.05) is 19.1 Å². The van der Waals surface area contributed by atoms with Crippen molar-refractivity contribution >= 4 is 34.0 Å². The number of nitrogens with zero attached hydrogens (tertiary/aromatic N) is 1. The van der Waals surface area contributed by atoms with Gasteiger partial charge in [0.05, 0.1) is 17.3 Å². The SMILES string of the molecule is CCOc1cc(/C=N/NC(=O)c2ccccc2C)cc(Br)c1OCC(=O)O. The monoisotopic (exact) mass is 434 g/mol. The minimum Gasteiger partial charge on any atom is -0.490 e. The minimum atomic E-state index is -1.09. The molecule has 0 saturated heterocycles. The van der Waals surface area contributed by atoms with Crippen LogP contribution in [0, 0.1) is 6.92 Å². The molecule has 0 fully saturated rings. The Bertz CT molecular complexity index is 867. The van der Waals surface area contributed by atoms with Crippen LogP contribution < -0.4 is 14.9 Å². The van der Waals surface area contributed by atoms with E-state index in [0.717, 1.165) is 5.56 Å². The Kier molecular flexibility index (Phi) is 7.36. The molecule has 142 valence electrons. The molecule has 27 heavy (non-hydrogen) atoms. The molecule has 2 N–H and O–H groups in total. The standard InChI is InChI=1S/C19H19BrN2O5/c1-3-26-16-9-13(8-15(20)18(16)27-11-17(23)24)10-21-22-19(25)14-7-5-4-6-12(14)2/h4-10H,3,11H2,1-2H3,(H,22,25)(H,23,24)/b21-10+. The second kappa shape index (κ2) is 9.72. The van der Waals surface area contributed by atoms with Crippen molar-refractivity contribution in [1.82, 2.24) is 5.43 Å². The number of nitrogens with one attached hydrogen (secondary N) is 1. The van der Waals surface area contributed by atoms with Gasteiger partial charge >= 0.3 is 5.97 Å². The number of carbonyl (C=O) groups excluding carboxylic acids is 1. The molecule has 0 spiro atoms. The molecule has 0 aromatic heterocycles. The number of ether oxygens (including phenoxy) is 2. The fourth-order valence-electron chi connectivity index (χ4n) is 2.25. The molecule has 0 saturated carbocycles. The van der Waals surface area contributed by atoms with Crippen molar-refractivity contribution in [3.63, 3.8) is 0 Å². The third kappa shape index (κ3) is 5.82. The van der Waals surface area contributed by atoms with E-state index in [2.05, 4.69) is 26.5 Å². The first-order chi connectivity index (χ1) is 12.9. The molecule has 0 unspecified atom stereocenters. The van der Waals surface area contributed by atoms with Crippen LogP contribution in [0.15, 0.2) is 46.0 Å². The normalized spacial score (nSPS) is 10.6. The Morgan fingerprint density at radius 3 is 2.67 bits per heavy atom. The maximum absolute atomic E-state index is 12.2. The first-order valence-electron chi connectivity index (χ1n) is 8.12. The van der Waals surface area contributed by atoms with Crippen molar-refractivity contribution in [2.24, 2.45) is 5.10 Å². The van der Waals surface area contributed by atoms with Gasteiger partial charge in [-0.25, -0.2) is 10.2 Å². The molecular formula is C19H19BrN2O5. The minimum absolute atomic E-state index is 0.292. The van der Waals surface area contributed by atoms with E-state index in [9.17, 15) is 9.59 Å². The van der Waals surface area contributed by atoms with Gasteiger partial charge in [-0.1, -0.05) is 18.2 Å². The highest BCUT2D eigenvalue weighted by Crippen LogP contribution is 2.36. The number of halogens is 1. The van der Waals surface area contributed by atoms with E-state index in [1.165, 1.54) is 6.21 Å². The zero-order chi connectivity index (χ0) is 19.8. The summed E-state index contributed by atoms with van der Waals surface area (Å²) in [4.78, 5) is 22.9. The Morgan fingerprint density at radius 2 is 2.00 bits per heavy atom. The number of hydrogen-bond donors (Lipinski definition) is 2. The van der Waals surface area contributed by atoms with Crippen molar-refractivity contribution in [3.8, 4) is 11.5 Å². The number of carboxylic acid groups (broad SMARTS) is 1. The smallest absolute Gasteiger partial charge is 0.341 e. The molecule has 0 aliphatic carbocycles. The number of aryl methyl sites for hydroxylation is 1. The van der Waals surface area contributed by atoms with Gasteiger partial charge in [0, 0.05) is 5.56 Å². The van der Waals surface area contributed by atoms with Gasteiger partial charge < -0.3 is 14.6 Å². The van der Waals surface area contributed by atoms with E-state index in [0.29, 0.717) is 33.7 Å². The van der Waals surface area contributed by atoms with E-state index < -0.39 is 12.6 Å². The number of carboxylic acids is 1. The average Bonchev–Trinajstić information content (AvgIpc) is 2.61. The van der Waals surface area contributed by atoms with E-state index in [1.54, 1.807) is 31.2 Å². The summed E-state index contributed by atoms with van der Waals surface area (Å²) in [6.07, 6.45) is 1.46. The number of amides is 1. The number of hydrazone groups is 1. The Balaban J connectivity index is 2.15. The van der Waals surface area contributed by atoms with Crippen molar-refractivity contribution in [2.75, 3.05) is 13.2 Å². The van der Waals surface area contributed by atoms with Crippen molar-refractivity contribution in [2.45, 2.75) is 13.8 Å². The molecule has 8 heteroatoms. The fraction of sp³-hybridized carbons (Fsp3) is 0.211. The van der Waals surface area contributed by atoms with Gasteiger partial charge in [-0.15, -0.1) is 0 Å². The van der Waals surface area contributed by atoms with Gasteiger partial charge in [0.25, 0.3) is 5.91 Å². The van der Waals surface area contributed by atoms with Gasteiger partial charge in [0.2, 0.25) is 0 Å².